The quantitative estimate of drug-likeness (QED) is 0.268. The van der Waals surface area contributed by atoms with Crippen LogP contribution in [0.15, 0.2) is 72.8 Å². The molecule has 0 aromatic heterocycles. The van der Waals surface area contributed by atoms with Crippen LogP contribution in [-0.4, -0.2) is 62.1 Å². The van der Waals surface area contributed by atoms with E-state index in [1.165, 1.54) is 0 Å². The molecule has 2 amide bonds. The zero-order valence-corrected chi connectivity index (χ0v) is 24.8. The van der Waals surface area contributed by atoms with Gasteiger partial charge in [0.2, 0.25) is 11.8 Å². The smallest absolute Gasteiger partial charge is 0.247 e. The summed E-state index contributed by atoms with van der Waals surface area (Å²) in [7, 11) is 1.90. The summed E-state index contributed by atoms with van der Waals surface area (Å²) in [6.45, 7) is 3.43. The minimum atomic E-state index is -0.639. The van der Waals surface area contributed by atoms with Crippen LogP contribution in [0.4, 0.5) is 5.69 Å². The van der Waals surface area contributed by atoms with E-state index in [1.807, 2.05) is 78.7 Å². The fourth-order valence-electron chi connectivity index (χ4n) is 5.22. The van der Waals surface area contributed by atoms with Crippen molar-refractivity contribution in [1.82, 2.24) is 15.5 Å². The lowest BCUT2D eigenvalue weighted by Crippen LogP contribution is -2.61. The number of anilines is 1. The molecule has 2 N–H and O–H groups in total. The number of carbonyl (C=O) groups is 2. The predicted octanol–water partition coefficient (Wildman–Crippen LogP) is 4.54. The van der Waals surface area contributed by atoms with Crippen LogP contribution in [0.5, 0.6) is 5.75 Å². The highest BCUT2D eigenvalue weighted by molar-refractivity contribution is 6.31. The molecule has 1 heterocycles. The van der Waals surface area contributed by atoms with Crippen molar-refractivity contribution in [3.8, 4) is 5.75 Å². The van der Waals surface area contributed by atoms with E-state index >= 15 is 0 Å². The normalized spacial score (nSPS) is 16.9. The highest BCUT2D eigenvalue weighted by atomic mass is 35.5. The fourth-order valence-corrected chi connectivity index (χ4v) is 5.39. The first-order valence-corrected chi connectivity index (χ1v) is 15.0. The van der Waals surface area contributed by atoms with Crippen LogP contribution < -0.4 is 20.3 Å². The third kappa shape index (κ3) is 7.89. The number of rotatable bonds is 14. The molecule has 2 fully saturated rings. The Kier molecular flexibility index (Phi) is 10.5. The summed E-state index contributed by atoms with van der Waals surface area (Å²) in [6, 6.07) is 22.9. The SMILES string of the molecule is CNCc1ccc(Cl)c(CN(C(=O)[C@H]2CNCC(=O)N2c2ccc(OCCCOCc3ccccc3)cc2)C2CC2)c1. The third-order valence-corrected chi connectivity index (χ3v) is 7.88. The number of amides is 2. The van der Waals surface area contributed by atoms with Crippen molar-refractivity contribution in [2.75, 3.05) is 38.3 Å². The first-order chi connectivity index (χ1) is 20.5. The Morgan fingerprint density at radius 2 is 1.83 bits per heavy atom. The Balaban J connectivity index is 1.20. The van der Waals surface area contributed by atoms with E-state index in [0.29, 0.717) is 49.4 Å². The zero-order chi connectivity index (χ0) is 29.3. The van der Waals surface area contributed by atoms with Gasteiger partial charge >= 0.3 is 0 Å². The van der Waals surface area contributed by atoms with Gasteiger partial charge in [0.1, 0.15) is 11.8 Å². The largest absolute Gasteiger partial charge is 0.494 e. The van der Waals surface area contributed by atoms with E-state index in [2.05, 4.69) is 16.7 Å². The van der Waals surface area contributed by atoms with Gasteiger partial charge in [-0.15, -0.1) is 0 Å². The molecule has 222 valence electrons. The van der Waals surface area contributed by atoms with Gasteiger partial charge in [0.05, 0.1) is 26.4 Å². The molecule has 1 aliphatic carbocycles. The number of hydrogen-bond donors (Lipinski definition) is 2. The van der Waals surface area contributed by atoms with Crippen molar-refractivity contribution in [2.45, 2.75) is 51.0 Å². The summed E-state index contributed by atoms with van der Waals surface area (Å²) in [5.41, 5.74) is 3.86. The molecule has 0 unspecified atom stereocenters. The number of nitrogens with zero attached hydrogens (tertiary/aromatic N) is 2. The van der Waals surface area contributed by atoms with Gasteiger partial charge < -0.3 is 25.0 Å². The van der Waals surface area contributed by atoms with Crippen LogP contribution in [-0.2, 0) is 34.0 Å². The molecule has 8 nitrogen and oxygen atoms in total. The van der Waals surface area contributed by atoms with Crippen molar-refractivity contribution in [3.63, 3.8) is 0 Å². The average Bonchev–Trinajstić information content (AvgIpc) is 3.85. The molecule has 1 saturated heterocycles. The molecule has 9 heteroatoms. The monoisotopic (exact) mass is 590 g/mol. The Morgan fingerprint density at radius 3 is 2.57 bits per heavy atom. The van der Waals surface area contributed by atoms with Crippen LogP contribution in [0.3, 0.4) is 0 Å². The zero-order valence-electron chi connectivity index (χ0n) is 24.1. The highest BCUT2D eigenvalue weighted by Gasteiger charge is 2.41. The van der Waals surface area contributed by atoms with Gasteiger partial charge in [-0.25, -0.2) is 0 Å². The van der Waals surface area contributed by atoms with Crippen molar-refractivity contribution in [2.24, 2.45) is 0 Å². The van der Waals surface area contributed by atoms with Crippen LogP contribution in [0, 0.1) is 0 Å². The summed E-state index contributed by atoms with van der Waals surface area (Å²) in [4.78, 5) is 30.7. The molecule has 3 aromatic carbocycles. The second-order valence-corrected chi connectivity index (χ2v) is 11.2. The number of hydrogen-bond acceptors (Lipinski definition) is 6. The van der Waals surface area contributed by atoms with E-state index in [1.54, 1.807) is 4.90 Å². The Morgan fingerprint density at radius 1 is 1.05 bits per heavy atom. The van der Waals surface area contributed by atoms with E-state index in [-0.39, 0.29) is 24.4 Å². The molecular weight excluding hydrogens is 552 g/mol. The first kappa shape index (κ1) is 30.0. The Labute approximate surface area is 252 Å². The molecular formula is C33H39ClN4O4. The minimum absolute atomic E-state index is 0.0658. The number of benzene rings is 3. The van der Waals surface area contributed by atoms with Gasteiger partial charge in [-0.1, -0.05) is 54.1 Å². The van der Waals surface area contributed by atoms with Crippen LogP contribution >= 0.6 is 11.6 Å². The first-order valence-electron chi connectivity index (χ1n) is 14.6. The summed E-state index contributed by atoms with van der Waals surface area (Å²) in [6.07, 6.45) is 2.67. The topological polar surface area (TPSA) is 83.1 Å². The maximum Gasteiger partial charge on any atom is 0.247 e. The number of carbonyl (C=O) groups excluding carboxylic acids is 2. The average molecular weight is 591 g/mol. The Bertz CT molecular complexity index is 1330. The lowest BCUT2D eigenvalue weighted by Gasteiger charge is -2.38. The molecule has 0 spiro atoms. The number of piperazine rings is 1. The highest BCUT2D eigenvalue weighted by Crippen LogP contribution is 2.32. The van der Waals surface area contributed by atoms with Gasteiger partial charge in [0.25, 0.3) is 0 Å². The molecule has 3 aromatic rings. The fraction of sp³-hybridized carbons (Fsp3) is 0.394. The number of halogens is 1. The number of nitrogens with one attached hydrogen (secondary N) is 2. The van der Waals surface area contributed by atoms with Crippen LogP contribution in [0.1, 0.15) is 36.0 Å². The maximum absolute atomic E-state index is 14.0. The van der Waals surface area contributed by atoms with Gasteiger partial charge in [-0.05, 0) is 66.9 Å². The third-order valence-electron chi connectivity index (χ3n) is 7.51. The van der Waals surface area contributed by atoms with Crippen LogP contribution in [0.2, 0.25) is 5.02 Å². The second-order valence-electron chi connectivity index (χ2n) is 10.8. The molecule has 1 saturated carbocycles. The molecule has 5 rings (SSSR count). The van der Waals surface area contributed by atoms with Crippen molar-refractivity contribution >= 4 is 29.1 Å². The van der Waals surface area contributed by atoms with Crippen LogP contribution in [0.25, 0.3) is 0 Å². The molecule has 42 heavy (non-hydrogen) atoms. The lowest BCUT2D eigenvalue weighted by atomic mass is 10.1. The molecule has 0 radical (unpaired) electrons. The van der Waals surface area contributed by atoms with Gasteiger partial charge in [0, 0.05) is 42.8 Å². The number of ether oxygens (including phenoxy) is 2. The van der Waals surface area contributed by atoms with Crippen molar-refractivity contribution in [3.05, 3.63) is 94.5 Å². The van der Waals surface area contributed by atoms with E-state index in [0.717, 1.165) is 42.5 Å². The summed E-state index contributed by atoms with van der Waals surface area (Å²) in [5, 5.41) is 6.94. The lowest BCUT2D eigenvalue weighted by molar-refractivity contribution is -0.136. The molecule has 2 aliphatic rings. The molecule has 1 atom stereocenters. The van der Waals surface area contributed by atoms with E-state index in [4.69, 9.17) is 21.1 Å². The molecule has 1 aliphatic heterocycles. The Hall–Kier alpha value is -3.43. The summed E-state index contributed by atoms with van der Waals surface area (Å²) >= 11 is 6.55. The van der Waals surface area contributed by atoms with Crippen molar-refractivity contribution in [1.29, 1.82) is 0 Å². The maximum atomic E-state index is 14.0. The van der Waals surface area contributed by atoms with E-state index < -0.39 is 6.04 Å². The van der Waals surface area contributed by atoms with Crippen molar-refractivity contribution < 1.29 is 19.1 Å². The predicted molar refractivity (Wildman–Crippen MR) is 165 cm³/mol. The standard InChI is InChI=1S/C33H39ClN4O4/c1-35-19-25-8-15-30(34)26(18-25)22-37(27-9-10-27)33(40)31-20-36-21-32(39)38(31)28-11-13-29(14-12-28)42-17-5-16-41-23-24-6-3-2-4-7-24/h2-4,6-8,11-15,18,27,31,35-36H,5,9-10,16-17,19-23H2,1H3/t31-/m1/s1. The molecule has 0 bridgehead atoms. The summed E-state index contributed by atoms with van der Waals surface area (Å²) < 4.78 is 11.6. The van der Waals surface area contributed by atoms with Gasteiger partial charge in [-0.3, -0.25) is 14.5 Å². The minimum Gasteiger partial charge on any atom is -0.494 e. The van der Waals surface area contributed by atoms with E-state index in [9.17, 15) is 9.59 Å². The second kappa shape index (κ2) is 14.6. The van der Waals surface area contributed by atoms with Gasteiger partial charge in [0.15, 0.2) is 0 Å². The van der Waals surface area contributed by atoms with Gasteiger partial charge in [-0.2, -0.15) is 0 Å². The summed E-state index contributed by atoms with van der Waals surface area (Å²) in [5.74, 6) is 0.514.